The van der Waals surface area contributed by atoms with Gasteiger partial charge in [-0.3, -0.25) is 4.99 Å². The van der Waals surface area contributed by atoms with Gasteiger partial charge in [0.25, 0.3) is 0 Å². The molecule has 37 heavy (non-hydrogen) atoms. The average molecular weight is 502 g/mol. The Kier molecular flexibility index (Phi) is 30.1. The smallest absolute Gasteiger partial charge is 0.0444 e. The van der Waals surface area contributed by atoms with Gasteiger partial charge >= 0.3 is 0 Å². The Balaban J connectivity index is -0.000000446. The van der Waals surface area contributed by atoms with Gasteiger partial charge in [0, 0.05) is 11.9 Å². The number of aryl methyl sites for hydroxylation is 1. The molecule has 0 aliphatic heterocycles. The number of nitrogens with zero attached hydrogens (tertiary/aromatic N) is 1. The van der Waals surface area contributed by atoms with Crippen molar-refractivity contribution in [1.29, 1.82) is 0 Å². The van der Waals surface area contributed by atoms with E-state index in [2.05, 4.69) is 76.3 Å². The maximum atomic E-state index is 4.34. The van der Waals surface area contributed by atoms with Crippen molar-refractivity contribution in [3.63, 3.8) is 0 Å². The molecule has 2 aromatic carbocycles. The van der Waals surface area contributed by atoms with Crippen molar-refractivity contribution in [1.82, 2.24) is 0 Å². The summed E-state index contributed by atoms with van der Waals surface area (Å²) in [5.74, 6) is 0. The van der Waals surface area contributed by atoms with E-state index >= 15 is 0 Å². The summed E-state index contributed by atoms with van der Waals surface area (Å²) in [5, 5.41) is 0. The Morgan fingerprint density at radius 3 is 1.59 bits per heavy atom. The van der Waals surface area contributed by atoms with Crippen LogP contribution in [0.5, 0.6) is 0 Å². The third kappa shape index (κ3) is 28.9. The Hall–Kier alpha value is -3.19. The number of unbranched alkanes of at least 4 members (excludes halogenated alkanes) is 4. The minimum absolute atomic E-state index is 1.01. The highest BCUT2D eigenvalue weighted by atomic mass is 14.7. The first-order valence-electron chi connectivity index (χ1n) is 13.6. The van der Waals surface area contributed by atoms with Crippen molar-refractivity contribution >= 4 is 11.8 Å². The molecule has 0 saturated carbocycles. The van der Waals surface area contributed by atoms with E-state index in [-0.39, 0.29) is 0 Å². The van der Waals surface area contributed by atoms with E-state index in [1.165, 1.54) is 43.2 Å². The summed E-state index contributed by atoms with van der Waals surface area (Å²) in [6.07, 6.45) is 14.3. The van der Waals surface area contributed by atoms with Gasteiger partial charge in [0.15, 0.2) is 0 Å². The minimum Gasteiger partial charge on any atom is -0.261 e. The third-order valence-corrected chi connectivity index (χ3v) is 4.69. The lowest BCUT2D eigenvalue weighted by Crippen LogP contribution is -1.92. The van der Waals surface area contributed by atoms with E-state index in [9.17, 15) is 0 Å². The zero-order chi connectivity index (χ0) is 28.9. The molecule has 204 valence electrons. The highest BCUT2D eigenvalue weighted by Crippen LogP contribution is 2.05. The molecule has 0 heterocycles. The number of rotatable bonds is 9. The third-order valence-electron chi connectivity index (χ3n) is 4.69. The van der Waals surface area contributed by atoms with Gasteiger partial charge in [-0.2, -0.15) is 0 Å². The maximum Gasteiger partial charge on any atom is 0.0444 e. The quantitative estimate of drug-likeness (QED) is 0.184. The first-order valence-corrected chi connectivity index (χ1v) is 13.6. The zero-order valence-electron chi connectivity index (χ0n) is 25.3. The van der Waals surface area contributed by atoms with Gasteiger partial charge < -0.3 is 0 Å². The maximum absolute atomic E-state index is 4.34. The van der Waals surface area contributed by atoms with E-state index in [1.807, 2.05) is 77.1 Å². The molecule has 0 fully saturated rings. The zero-order valence-corrected chi connectivity index (χ0v) is 25.3. The van der Waals surface area contributed by atoms with Crippen molar-refractivity contribution in [2.75, 3.05) is 0 Å². The molecule has 1 nitrogen and oxygen atoms in total. The lowest BCUT2D eigenvalue weighted by molar-refractivity contribution is 0.656. The Morgan fingerprint density at radius 2 is 1.24 bits per heavy atom. The fraction of sp³-hybridized carbons (Fsp3) is 0.361. The summed E-state index contributed by atoms with van der Waals surface area (Å²) in [6, 6.07) is 18.4. The van der Waals surface area contributed by atoms with E-state index in [0.717, 1.165) is 22.4 Å². The van der Waals surface area contributed by atoms with Crippen molar-refractivity contribution < 1.29 is 0 Å². The van der Waals surface area contributed by atoms with Crippen LogP contribution in [0, 0.1) is 6.92 Å². The van der Waals surface area contributed by atoms with Gasteiger partial charge in [-0.25, -0.2) is 0 Å². The molecule has 0 radical (unpaired) electrons. The van der Waals surface area contributed by atoms with Crippen molar-refractivity contribution in [3.8, 4) is 0 Å². The molecular weight excluding hydrogens is 446 g/mol. The fourth-order valence-electron chi connectivity index (χ4n) is 2.41. The first-order chi connectivity index (χ1) is 17.7. The monoisotopic (exact) mass is 501 g/mol. The predicted molar refractivity (Wildman–Crippen MR) is 175 cm³/mol. The van der Waals surface area contributed by atoms with Crippen molar-refractivity contribution in [3.05, 3.63) is 127 Å². The average Bonchev–Trinajstić information content (AvgIpc) is 2.92. The van der Waals surface area contributed by atoms with Gasteiger partial charge in [0.05, 0.1) is 0 Å². The van der Waals surface area contributed by atoms with Crippen LogP contribution in [0.15, 0.2) is 115 Å². The van der Waals surface area contributed by atoms with Crippen LogP contribution >= 0.6 is 0 Å². The summed E-state index contributed by atoms with van der Waals surface area (Å²) in [6.45, 7) is 30.9. The SMILES string of the molecule is C=C(C)/C=C\N=C(C)c1ccc(C)cc1.C=CC(=C)C.C=Cc1ccccc1.CC.CCCCCCC. The fourth-order valence-corrected chi connectivity index (χ4v) is 2.41. The molecule has 0 atom stereocenters. The van der Waals surface area contributed by atoms with Gasteiger partial charge in [-0.1, -0.05) is 170 Å². The molecule has 2 rings (SSSR count). The lowest BCUT2D eigenvalue weighted by atomic mass is 10.1. The van der Waals surface area contributed by atoms with Gasteiger partial charge in [-0.15, -0.1) is 0 Å². The number of allylic oxidation sites excluding steroid dienone is 4. The molecule has 1 heteroatoms. The molecule has 0 spiro atoms. The summed E-state index contributed by atoms with van der Waals surface area (Å²) < 4.78 is 0. The van der Waals surface area contributed by atoms with E-state index in [0.29, 0.717) is 0 Å². The molecule has 2 aromatic rings. The Labute approximate surface area is 231 Å². The lowest BCUT2D eigenvalue weighted by Gasteiger charge is -1.99. The number of aliphatic imine (C=N–C) groups is 1. The van der Waals surface area contributed by atoms with Crippen molar-refractivity contribution in [2.24, 2.45) is 4.99 Å². The molecule has 0 aliphatic carbocycles. The topological polar surface area (TPSA) is 12.4 Å². The van der Waals surface area contributed by atoms with Crippen LogP contribution in [-0.4, -0.2) is 5.71 Å². The van der Waals surface area contributed by atoms with Crippen molar-refractivity contribution in [2.45, 2.75) is 87.5 Å². The molecule has 0 N–H and O–H groups in total. The molecule has 0 saturated heterocycles. The number of benzene rings is 2. The van der Waals surface area contributed by atoms with Crippen LogP contribution in [0.1, 0.15) is 97.3 Å². The summed E-state index contributed by atoms with van der Waals surface area (Å²) in [7, 11) is 0. The van der Waals surface area contributed by atoms with Gasteiger partial charge in [-0.05, 0) is 44.9 Å². The number of hydrogen-bond donors (Lipinski definition) is 0. The van der Waals surface area contributed by atoms with Gasteiger partial charge in [0.2, 0.25) is 0 Å². The van der Waals surface area contributed by atoms with Gasteiger partial charge in [0.1, 0.15) is 0 Å². The second-order valence-corrected chi connectivity index (χ2v) is 8.47. The summed E-state index contributed by atoms with van der Waals surface area (Å²) in [4.78, 5) is 4.34. The molecular formula is C36H55N. The highest BCUT2D eigenvalue weighted by Gasteiger charge is 1.94. The normalized spacial score (nSPS) is 9.57. The summed E-state index contributed by atoms with van der Waals surface area (Å²) >= 11 is 0. The van der Waals surface area contributed by atoms with Crippen LogP contribution in [0.3, 0.4) is 0 Å². The predicted octanol–water partition coefficient (Wildman–Crippen LogP) is 12.0. The second kappa shape index (κ2) is 29.0. The van der Waals surface area contributed by atoms with E-state index < -0.39 is 0 Å². The largest absolute Gasteiger partial charge is 0.261 e. The Bertz CT molecular complexity index is 876. The van der Waals surface area contributed by atoms with E-state index in [4.69, 9.17) is 0 Å². The molecule has 0 aromatic heterocycles. The van der Waals surface area contributed by atoms with E-state index in [1.54, 1.807) is 12.3 Å². The summed E-state index contributed by atoms with van der Waals surface area (Å²) in [5.41, 5.74) is 6.65. The minimum atomic E-state index is 1.01. The highest BCUT2D eigenvalue weighted by molar-refractivity contribution is 5.99. The van der Waals surface area contributed by atoms with Crippen LogP contribution in [-0.2, 0) is 0 Å². The molecule has 0 amide bonds. The second-order valence-electron chi connectivity index (χ2n) is 8.47. The molecule has 0 bridgehead atoms. The molecule has 0 aliphatic rings. The van der Waals surface area contributed by atoms with Crippen LogP contribution < -0.4 is 0 Å². The Morgan fingerprint density at radius 1 is 0.757 bits per heavy atom. The standard InChI is InChI=1S/C14H17N.C8H8.C7H16.C5H8.C2H6/c1-11(2)9-10-15-13(4)14-7-5-12(3)6-8-14;1-2-8-6-4-3-5-7-8;1-3-5-7-6-4-2;1-4-5(2)3;1-2/h5-10H,1H2,2-4H3;2-7H,1H2;3-7H2,1-2H3;4H,1-2H2,3H3;1-2H3/b10-9-,15-13?;;;;. The van der Waals surface area contributed by atoms with Crippen LogP contribution in [0.4, 0.5) is 0 Å². The number of hydrogen-bond acceptors (Lipinski definition) is 1. The first kappa shape index (κ1) is 38.3. The van der Waals surface area contributed by atoms with Crippen LogP contribution in [0.25, 0.3) is 6.08 Å². The van der Waals surface area contributed by atoms with Crippen LogP contribution in [0.2, 0.25) is 0 Å². The molecule has 0 unspecified atom stereocenters.